The van der Waals surface area contributed by atoms with Gasteiger partial charge in [0, 0.05) is 23.5 Å². The molecule has 0 unspecified atom stereocenters. The van der Waals surface area contributed by atoms with Crippen molar-refractivity contribution in [2.75, 3.05) is 31.5 Å². The van der Waals surface area contributed by atoms with Crippen molar-refractivity contribution in [2.24, 2.45) is 0 Å². The smallest absolute Gasteiger partial charge is 0.374 e. The van der Waals surface area contributed by atoms with Gasteiger partial charge < -0.3 is 33.7 Å². The van der Waals surface area contributed by atoms with Gasteiger partial charge in [-0.05, 0) is 71.4 Å². The van der Waals surface area contributed by atoms with Gasteiger partial charge >= 0.3 is 5.97 Å². The van der Waals surface area contributed by atoms with Crippen molar-refractivity contribution < 1.29 is 37.4 Å². The maximum Gasteiger partial charge on any atom is 0.374 e. The van der Waals surface area contributed by atoms with Gasteiger partial charge in [-0.1, -0.05) is 12.1 Å². The highest BCUT2D eigenvalue weighted by Crippen LogP contribution is 2.20. The molecule has 0 aliphatic heterocycles. The van der Waals surface area contributed by atoms with Gasteiger partial charge in [0.25, 0.3) is 11.8 Å². The van der Waals surface area contributed by atoms with Crippen LogP contribution >= 0.6 is 15.9 Å². The Kier molecular flexibility index (Phi) is 10.1. The van der Waals surface area contributed by atoms with Crippen LogP contribution in [-0.4, -0.2) is 38.6 Å². The first-order chi connectivity index (χ1) is 18.3. The summed E-state index contributed by atoms with van der Waals surface area (Å²) in [4.78, 5) is 35.2. The number of anilines is 2. The minimum absolute atomic E-state index is 0.00681. The Hall–Kier alpha value is -4.51. The second-order valence-corrected chi connectivity index (χ2v) is 8.14. The molecule has 2 amide bonds. The lowest BCUT2D eigenvalue weighted by molar-refractivity contribution is 0.0488. The molecular weight excluding hydrogens is 560 g/mol. The van der Waals surface area contributed by atoms with Crippen molar-refractivity contribution in [2.45, 2.75) is 6.92 Å². The predicted molar refractivity (Wildman–Crippen MR) is 143 cm³/mol. The van der Waals surface area contributed by atoms with Crippen LogP contribution in [0, 0.1) is 0 Å². The van der Waals surface area contributed by atoms with E-state index < -0.39 is 11.9 Å². The summed E-state index contributed by atoms with van der Waals surface area (Å²) < 4.78 is 25.8. The summed E-state index contributed by atoms with van der Waals surface area (Å²) in [5, 5.41) is 5.37. The van der Waals surface area contributed by atoms with Crippen LogP contribution in [0.1, 0.15) is 38.6 Å². The Bertz CT molecular complexity index is 1390. The molecule has 2 aromatic carbocycles. The molecule has 2 heterocycles. The van der Waals surface area contributed by atoms with E-state index >= 15 is 0 Å². The van der Waals surface area contributed by atoms with Crippen LogP contribution in [0.25, 0.3) is 0 Å². The molecule has 4 aromatic rings. The van der Waals surface area contributed by atoms with Crippen LogP contribution in [0.3, 0.4) is 0 Å². The van der Waals surface area contributed by atoms with E-state index in [-0.39, 0.29) is 29.8 Å². The molecule has 2 N–H and O–H groups in total. The number of carbonyl (C=O) groups is 3. The molecule has 0 spiro atoms. The maximum absolute atomic E-state index is 12.0. The van der Waals surface area contributed by atoms with Crippen molar-refractivity contribution in [3.63, 3.8) is 0 Å². The monoisotopic (exact) mass is 584 g/mol. The summed E-state index contributed by atoms with van der Waals surface area (Å²) >= 11 is 3.14. The Morgan fingerprint density at radius 2 is 1.24 bits per heavy atom. The number of furan rings is 2. The van der Waals surface area contributed by atoms with Gasteiger partial charge in [-0.3, -0.25) is 9.59 Å². The quantitative estimate of drug-likeness (QED) is 0.240. The number of rotatable bonds is 8. The molecule has 4 rings (SSSR count). The van der Waals surface area contributed by atoms with Crippen LogP contribution in [-0.2, 0) is 4.74 Å². The van der Waals surface area contributed by atoms with Crippen molar-refractivity contribution in [1.29, 1.82) is 0 Å². The number of nitrogens with one attached hydrogen (secondary N) is 2. The fourth-order valence-corrected chi connectivity index (χ4v) is 3.30. The highest BCUT2D eigenvalue weighted by molar-refractivity contribution is 9.10. The zero-order chi connectivity index (χ0) is 27.5. The van der Waals surface area contributed by atoms with E-state index in [0.29, 0.717) is 27.5 Å². The molecule has 198 valence electrons. The number of ether oxygens (including phenoxy) is 3. The van der Waals surface area contributed by atoms with Gasteiger partial charge in [-0.2, -0.15) is 0 Å². The van der Waals surface area contributed by atoms with Crippen LogP contribution < -0.4 is 20.1 Å². The Morgan fingerprint density at radius 1 is 0.737 bits per heavy atom. The molecule has 0 atom stereocenters. The van der Waals surface area contributed by atoms with E-state index in [1.165, 1.54) is 12.1 Å². The molecule has 10 nitrogen and oxygen atoms in total. The zero-order valence-corrected chi connectivity index (χ0v) is 22.4. The van der Waals surface area contributed by atoms with Crippen molar-refractivity contribution in [3.05, 3.63) is 94.7 Å². The lowest BCUT2D eigenvalue weighted by Gasteiger charge is -2.05. The first kappa shape index (κ1) is 28.1. The summed E-state index contributed by atoms with van der Waals surface area (Å²) in [6.07, 6.45) is 0. The summed E-state index contributed by atoms with van der Waals surface area (Å²) in [6.45, 7) is 1.93. The lowest BCUT2D eigenvalue weighted by Crippen LogP contribution is -2.11. The molecule has 0 aliphatic carbocycles. The number of amides is 2. The predicted octanol–water partition coefficient (Wildman–Crippen LogP) is 6.02. The van der Waals surface area contributed by atoms with Crippen molar-refractivity contribution >= 4 is 45.1 Å². The third-order valence-corrected chi connectivity index (χ3v) is 5.18. The van der Waals surface area contributed by atoms with E-state index in [9.17, 15) is 14.4 Å². The van der Waals surface area contributed by atoms with Gasteiger partial charge in [-0.15, -0.1) is 0 Å². The average Bonchev–Trinajstić information content (AvgIpc) is 3.59. The van der Waals surface area contributed by atoms with Gasteiger partial charge in [0.05, 0.1) is 20.8 Å². The number of halogens is 1. The standard InChI is InChI=1S/C15H15NO5.C12H10BrNO3/c1-3-20-15(18)13-8-7-12(21-13)14(17)16-10-5-4-6-11(9-10)19-2;1-16-9-4-2-3-8(7-9)14-12(15)10-5-6-11(13)17-10/h4-9H,3H2,1-2H3,(H,16,17);2-7H,1H3,(H,14,15). The summed E-state index contributed by atoms with van der Waals surface area (Å²) in [5.74, 6) is 0.219. The molecule has 0 radical (unpaired) electrons. The Labute approximate surface area is 227 Å². The van der Waals surface area contributed by atoms with Crippen molar-refractivity contribution in [3.8, 4) is 11.5 Å². The van der Waals surface area contributed by atoms with Gasteiger partial charge in [-0.25, -0.2) is 4.79 Å². The normalized spacial score (nSPS) is 10.0. The number of benzene rings is 2. The van der Waals surface area contributed by atoms with E-state index in [1.54, 1.807) is 81.8 Å². The van der Waals surface area contributed by atoms with Gasteiger partial charge in [0.1, 0.15) is 11.5 Å². The largest absolute Gasteiger partial charge is 0.497 e. The molecule has 0 saturated carbocycles. The minimum Gasteiger partial charge on any atom is -0.497 e. The molecule has 2 aromatic heterocycles. The van der Waals surface area contributed by atoms with E-state index in [2.05, 4.69) is 26.6 Å². The Balaban J connectivity index is 0.000000215. The Morgan fingerprint density at radius 3 is 1.71 bits per heavy atom. The highest BCUT2D eigenvalue weighted by Gasteiger charge is 2.17. The fraction of sp³-hybridized carbons (Fsp3) is 0.148. The number of carbonyl (C=O) groups excluding carboxylic acids is 3. The van der Waals surface area contributed by atoms with E-state index in [4.69, 9.17) is 23.0 Å². The van der Waals surface area contributed by atoms with Crippen LogP contribution in [0.15, 0.2) is 86.3 Å². The molecule has 0 saturated heterocycles. The molecule has 0 aliphatic rings. The van der Waals surface area contributed by atoms with Crippen LogP contribution in [0.5, 0.6) is 11.5 Å². The number of esters is 1. The van der Waals surface area contributed by atoms with Gasteiger partial charge in [0.2, 0.25) is 5.76 Å². The summed E-state index contributed by atoms with van der Waals surface area (Å²) in [5.41, 5.74) is 1.22. The molecule has 0 bridgehead atoms. The topological polar surface area (TPSA) is 129 Å². The van der Waals surface area contributed by atoms with E-state index in [1.807, 2.05) is 0 Å². The minimum atomic E-state index is -0.599. The maximum atomic E-state index is 12.0. The molecule has 38 heavy (non-hydrogen) atoms. The number of hydrogen-bond donors (Lipinski definition) is 2. The second kappa shape index (κ2) is 13.7. The second-order valence-electron chi connectivity index (χ2n) is 7.36. The molecule has 0 fully saturated rings. The average molecular weight is 585 g/mol. The fourth-order valence-electron chi connectivity index (χ4n) is 3.00. The summed E-state index contributed by atoms with van der Waals surface area (Å²) in [7, 11) is 3.11. The zero-order valence-electron chi connectivity index (χ0n) is 20.8. The van der Waals surface area contributed by atoms with Crippen LogP contribution in [0.4, 0.5) is 11.4 Å². The highest BCUT2D eigenvalue weighted by atomic mass is 79.9. The lowest BCUT2D eigenvalue weighted by atomic mass is 10.3. The van der Waals surface area contributed by atoms with Crippen LogP contribution in [0.2, 0.25) is 0 Å². The third kappa shape index (κ3) is 8.00. The first-order valence-electron chi connectivity index (χ1n) is 11.3. The van der Waals surface area contributed by atoms with Crippen molar-refractivity contribution in [1.82, 2.24) is 0 Å². The number of methoxy groups -OCH3 is 2. The number of hydrogen-bond acceptors (Lipinski definition) is 8. The van der Waals surface area contributed by atoms with Gasteiger partial charge in [0.15, 0.2) is 16.2 Å². The third-order valence-electron chi connectivity index (χ3n) is 4.76. The SMILES string of the molecule is CCOC(=O)c1ccc(C(=O)Nc2cccc(OC)c2)o1.COc1cccc(NC(=O)c2ccc(Br)o2)c1. The molecular formula is C27H25BrN2O8. The van der Waals surface area contributed by atoms with E-state index in [0.717, 1.165) is 0 Å². The summed E-state index contributed by atoms with van der Waals surface area (Å²) in [6, 6.07) is 20.1. The molecule has 11 heteroatoms. The first-order valence-corrected chi connectivity index (χ1v) is 12.0.